The average Bonchev–Trinajstić information content (AvgIpc) is 2.39. The highest BCUT2D eigenvalue weighted by atomic mass is 32.2. The second-order valence-electron chi connectivity index (χ2n) is 4.86. The lowest BCUT2D eigenvalue weighted by molar-refractivity contribution is -0.120. The van der Waals surface area contributed by atoms with Gasteiger partial charge >= 0.3 is 0 Å². The average molecular weight is 299 g/mol. The summed E-state index contributed by atoms with van der Waals surface area (Å²) >= 11 is 0. The molecule has 20 heavy (non-hydrogen) atoms. The third-order valence-electron chi connectivity index (χ3n) is 2.96. The quantitative estimate of drug-likeness (QED) is 0.730. The third-order valence-corrected chi connectivity index (χ3v) is 4.37. The van der Waals surface area contributed by atoms with Gasteiger partial charge in [0.15, 0.2) is 0 Å². The number of carbonyl (C=O) groups excluding carboxylic acids is 1. The Labute approximate surface area is 119 Å². The fraction of sp³-hybridized carbons (Fsp3) is 0.462. The molecule has 1 rings (SSSR count). The molecule has 0 heterocycles. The molecule has 1 amide bonds. The maximum atomic E-state index is 12.1. The molecule has 0 aromatic heterocycles. The molecule has 1 aromatic carbocycles. The van der Waals surface area contributed by atoms with Gasteiger partial charge in [-0.3, -0.25) is 4.79 Å². The number of nitrogens with one attached hydrogen (secondary N) is 2. The molecule has 1 unspecified atom stereocenters. The number of rotatable bonds is 6. The van der Waals surface area contributed by atoms with Gasteiger partial charge in [0.2, 0.25) is 15.9 Å². The van der Waals surface area contributed by atoms with Crippen LogP contribution in [0.2, 0.25) is 0 Å². The maximum absolute atomic E-state index is 12.1. The van der Waals surface area contributed by atoms with E-state index in [-0.39, 0.29) is 10.8 Å². The summed E-state index contributed by atoms with van der Waals surface area (Å²) in [5.41, 5.74) is 5.35. The van der Waals surface area contributed by atoms with Crippen LogP contribution in [0, 0.1) is 0 Å². The van der Waals surface area contributed by atoms with Gasteiger partial charge in [-0.15, -0.1) is 0 Å². The van der Waals surface area contributed by atoms with Crippen LogP contribution in [0.15, 0.2) is 29.2 Å². The van der Waals surface area contributed by atoms with Gasteiger partial charge in [-0.25, -0.2) is 13.1 Å². The van der Waals surface area contributed by atoms with Crippen molar-refractivity contribution in [3.8, 4) is 0 Å². The van der Waals surface area contributed by atoms with Crippen molar-refractivity contribution < 1.29 is 13.2 Å². The molecule has 0 saturated carbocycles. The minimum Gasteiger partial charge on any atom is -0.324 e. The zero-order valence-corrected chi connectivity index (χ0v) is 12.8. The standard InChI is InChI=1S/C13H21N3O3S/c1-4-8-13(2,14)12(17)16-10-6-5-7-11(9-10)20(18,19)15-3/h5-7,9,15H,4,8,14H2,1-3H3,(H,16,17). The Morgan fingerprint density at radius 3 is 2.60 bits per heavy atom. The Bertz CT molecular complexity index is 582. The highest BCUT2D eigenvalue weighted by Gasteiger charge is 2.27. The van der Waals surface area contributed by atoms with E-state index in [1.54, 1.807) is 19.1 Å². The molecule has 0 saturated heterocycles. The maximum Gasteiger partial charge on any atom is 0.244 e. The van der Waals surface area contributed by atoms with Crippen LogP contribution in [0.4, 0.5) is 5.69 Å². The zero-order valence-electron chi connectivity index (χ0n) is 11.9. The first-order valence-corrected chi connectivity index (χ1v) is 7.85. The molecular weight excluding hydrogens is 278 g/mol. The molecule has 6 nitrogen and oxygen atoms in total. The summed E-state index contributed by atoms with van der Waals surface area (Å²) in [6.45, 7) is 3.60. The van der Waals surface area contributed by atoms with Gasteiger partial charge in [-0.05, 0) is 38.6 Å². The van der Waals surface area contributed by atoms with Crippen LogP contribution in [-0.4, -0.2) is 26.9 Å². The van der Waals surface area contributed by atoms with Crippen LogP contribution in [0.3, 0.4) is 0 Å². The van der Waals surface area contributed by atoms with E-state index in [2.05, 4.69) is 10.0 Å². The minimum atomic E-state index is -3.53. The minimum absolute atomic E-state index is 0.0898. The summed E-state index contributed by atoms with van der Waals surface area (Å²) in [7, 11) is -2.20. The molecule has 0 spiro atoms. The van der Waals surface area contributed by atoms with E-state index in [4.69, 9.17) is 5.73 Å². The van der Waals surface area contributed by atoms with Crippen LogP contribution in [-0.2, 0) is 14.8 Å². The van der Waals surface area contributed by atoms with Crippen LogP contribution in [0.5, 0.6) is 0 Å². The lowest BCUT2D eigenvalue weighted by Crippen LogP contribution is -2.48. The number of nitrogens with two attached hydrogens (primary N) is 1. The van der Waals surface area contributed by atoms with Crippen molar-refractivity contribution in [3.63, 3.8) is 0 Å². The fourth-order valence-electron chi connectivity index (χ4n) is 1.77. The first-order chi connectivity index (χ1) is 9.23. The van der Waals surface area contributed by atoms with Gasteiger partial charge in [-0.2, -0.15) is 0 Å². The van der Waals surface area contributed by atoms with E-state index < -0.39 is 15.6 Å². The van der Waals surface area contributed by atoms with Crippen LogP contribution in [0.1, 0.15) is 26.7 Å². The normalized spacial score (nSPS) is 14.6. The third kappa shape index (κ3) is 4.03. The number of hydrogen-bond acceptors (Lipinski definition) is 4. The molecule has 0 radical (unpaired) electrons. The molecule has 0 bridgehead atoms. The molecular formula is C13H21N3O3S. The van der Waals surface area contributed by atoms with E-state index in [0.29, 0.717) is 12.1 Å². The van der Waals surface area contributed by atoms with Crippen molar-refractivity contribution in [3.05, 3.63) is 24.3 Å². The van der Waals surface area contributed by atoms with E-state index in [9.17, 15) is 13.2 Å². The van der Waals surface area contributed by atoms with E-state index in [1.807, 2.05) is 6.92 Å². The van der Waals surface area contributed by atoms with Crippen LogP contribution < -0.4 is 15.8 Å². The smallest absolute Gasteiger partial charge is 0.244 e. The molecule has 7 heteroatoms. The molecule has 0 aliphatic carbocycles. The van der Waals surface area contributed by atoms with Crippen molar-refractivity contribution in [2.75, 3.05) is 12.4 Å². The lowest BCUT2D eigenvalue weighted by atomic mass is 9.96. The van der Waals surface area contributed by atoms with Crippen molar-refractivity contribution in [1.29, 1.82) is 0 Å². The van der Waals surface area contributed by atoms with Crippen molar-refractivity contribution in [2.45, 2.75) is 37.1 Å². The first kappa shape index (κ1) is 16.6. The van der Waals surface area contributed by atoms with Crippen molar-refractivity contribution in [2.24, 2.45) is 5.73 Å². The number of hydrogen-bond donors (Lipinski definition) is 3. The predicted octanol–water partition coefficient (Wildman–Crippen LogP) is 1.05. The van der Waals surface area contributed by atoms with Gasteiger partial charge in [0.25, 0.3) is 0 Å². The number of anilines is 1. The van der Waals surface area contributed by atoms with E-state index in [1.165, 1.54) is 19.2 Å². The van der Waals surface area contributed by atoms with E-state index in [0.717, 1.165) is 6.42 Å². The van der Waals surface area contributed by atoms with Gasteiger partial charge in [-0.1, -0.05) is 19.4 Å². The highest BCUT2D eigenvalue weighted by Crippen LogP contribution is 2.17. The summed E-state index contributed by atoms with van der Waals surface area (Å²) in [5, 5.41) is 2.65. The second-order valence-corrected chi connectivity index (χ2v) is 6.74. The fourth-order valence-corrected chi connectivity index (χ4v) is 2.54. The molecule has 0 aliphatic rings. The number of amides is 1. The van der Waals surface area contributed by atoms with Crippen LogP contribution in [0.25, 0.3) is 0 Å². The van der Waals surface area contributed by atoms with Crippen molar-refractivity contribution in [1.82, 2.24) is 4.72 Å². The van der Waals surface area contributed by atoms with Gasteiger partial charge in [0.1, 0.15) is 0 Å². The van der Waals surface area contributed by atoms with Crippen LogP contribution >= 0.6 is 0 Å². The topological polar surface area (TPSA) is 101 Å². The van der Waals surface area contributed by atoms with E-state index >= 15 is 0 Å². The van der Waals surface area contributed by atoms with Gasteiger partial charge in [0, 0.05) is 5.69 Å². The Morgan fingerprint density at radius 2 is 2.05 bits per heavy atom. The SMILES string of the molecule is CCCC(C)(N)C(=O)Nc1cccc(S(=O)(=O)NC)c1. The van der Waals surface area contributed by atoms with Gasteiger partial charge < -0.3 is 11.1 Å². The zero-order chi connectivity index (χ0) is 15.4. The summed E-state index contributed by atoms with van der Waals surface area (Å²) in [4.78, 5) is 12.1. The second kappa shape index (κ2) is 6.34. The summed E-state index contributed by atoms with van der Waals surface area (Å²) in [6, 6.07) is 6.03. The Morgan fingerprint density at radius 1 is 1.40 bits per heavy atom. The summed E-state index contributed by atoms with van der Waals surface area (Å²) in [5.74, 6) is -0.335. The largest absolute Gasteiger partial charge is 0.324 e. The number of carbonyl (C=O) groups is 1. The lowest BCUT2D eigenvalue weighted by Gasteiger charge is -2.22. The van der Waals surface area contributed by atoms with Gasteiger partial charge in [0.05, 0.1) is 10.4 Å². The predicted molar refractivity (Wildman–Crippen MR) is 78.8 cm³/mol. The van der Waals surface area contributed by atoms with Crippen molar-refractivity contribution >= 4 is 21.6 Å². The number of sulfonamides is 1. The Hall–Kier alpha value is -1.44. The Balaban J connectivity index is 2.95. The number of benzene rings is 1. The molecule has 1 aromatic rings. The molecule has 4 N–H and O–H groups in total. The molecule has 0 fully saturated rings. The first-order valence-electron chi connectivity index (χ1n) is 6.37. The Kier molecular flexibility index (Phi) is 5.27. The summed E-state index contributed by atoms with van der Waals surface area (Å²) in [6.07, 6.45) is 1.34. The monoisotopic (exact) mass is 299 g/mol. The molecule has 112 valence electrons. The summed E-state index contributed by atoms with van der Waals surface area (Å²) < 4.78 is 25.6. The molecule has 0 aliphatic heterocycles. The molecule has 1 atom stereocenters. The highest BCUT2D eigenvalue weighted by molar-refractivity contribution is 7.89.